The first-order chi connectivity index (χ1) is 7.61. The first kappa shape index (κ1) is 11.3. The number of aryl methyl sites for hydroxylation is 2. The molecule has 1 aromatic carbocycles. The Kier molecular flexibility index (Phi) is 3.10. The van der Waals surface area contributed by atoms with Gasteiger partial charge < -0.3 is 0 Å². The summed E-state index contributed by atoms with van der Waals surface area (Å²) in [5.41, 5.74) is 2.59. The predicted octanol–water partition coefficient (Wildman–Crippen LogP) is 4.29. The molecule has 0 fully saturated rings. The average Bonchev–Trinajstić information content (AvgIpc) is 2.21. The molecule has 1 nitrogen and oxygen atoms in total. The Morgan fingerprint density at radius 3 is 2.75 bits per heavy atom. The number of rotatable bonds is 2. The number of hydrogen-bond acceptors (Lipinski definition) is 1. The highest BCUT2D eigenvalue weighted by Gasteiger charge is 2.07. The van der Waals surface area contributed by atoms with Crippen LogP contribution in [0.25, 0.3) is 10.9 Å². The van der Waals surface area contributed by atoms with Crippen LogP contribution in [-0.4, -0.2) is 4.98 Å². The fourth-order valence-corrected chi connectivity index (χ4v) is 2.12. The number of nitrogens with zero attached hydrogens (tertiary/aromatic N) is 1. The summed E-state index contributed by atoms with van der Waals surface area (Å²) in [5.74, 6) is -0.225. The molecule has 0 aliphatic carbocycles. The third kappa shape index (κ3) is 2.03. The molecule has 0 spiro atoms. The molecule has 0 saturated heterocycles. The van der Waals surface area contributed by atoms with Gasteiger partial charge in [-0.3, -0.25) is 0 Å². The fraction of sp³-hybridized carbons (Fsp3) is 0.308. The van der Waals surface area contributed by atoms with Crippen LogP contribution in [0.3, 0.4) is 0 Å². The van der Waals surface area contributed by atoms with Crippen molar-refractivity contribution in [3.63, 3.8) is 0 Å². The van der Waals surface area contributed by atoms with Crippen LogP contribution in [0.1, 0.15) is 24.5 Å². The van der Waals surface area contributed by atoms with E-state index in [2.05, 4.69) is 11.9 Å². The number of halogens is 2. The van der Waals surface area contributed by atoms with Gasteiger partial charge in [-0.25, -0.2) is 9.37 Å². The Hall–Kier alpha value is -1.15. The number of pyridine rings is 1. The van der Waals surface area contributed by atoms with Crippen molar-refractivity contribution in [3.05, 3.63) is 40.3 Å². The maximum absolute atomic E-state index is 13.3. The molecule has 0 unspecified atom stereocenters. The molecule has 16 heavy (non-hydrogen) atoms. The molecule has 2 aromatic rings. The lowest BCUT2D eigenvalue weighted by molar-refractivity contribution is 0.628. The van der Waals surface area contributed by atoms with E-state index in [1.165, 1.54) is 12.1 Å². The molecule has 0 atom stereocenters. The molecule has 0 bridgehead atoms. The van der Waals surface area contributed by atoms with E-state index in [4.69, 9.17) is 11.6 Å². The number of aromatic nitrogens is 1. The van der Waals surface area contributed by atoms with Gasteiger partial charge in [-0.2, -0.15) is 0 Å². The lowest BCUT2D eigenvalue weighted by Gasteiger charge is -2.07. The molecule has 0 aliphatic rings. The number of benzene rings is 1. The zero-order valence-electron chi connectivity index (χ0n) is 9.35. The van der Waals surface area contributed by atoms with Crippen LogP contribution in [-0.2, 0) is 6.42 Å². The van der Waals surface area contributed by atoms with Crippen LogP contribution in [0.2, 0.25) is 5.15 Å². The maximum Gasteiger partial charge on any atom is 0.132 e. The summed E-state index contributed by atoms with van der Waals surface area (Å²) >= 11 is 6.09. The zero-order chi connectivity index (χ0) is 11.7. The van der Waals surface area contributed by atoms with Gasteiger partial charge in [-0.1, -0.05) is 24.9 Å². The van der Waals surface area contributed by atoms with Gasteiger partial charge in [0.15, 0.2) is 0 Å². The van der Waals surface area contributed by atoms with E-state index < -0.39 is 0 Å². The highest BCUT2D eigenvalue weighted by atomic mass is 35.5. The second-order valence-electron chi connectivity index (χ2n) is 3.98. The van der Waals surface area contributed by atoms with Crippen molar-refractivity contribution in [1.29, 1.82) is 0 Å². The van der Waals surface area contributed by atoms with Gasteiger partial charge in [0.1, 0.15) is 11.0 Å². The Morgan fingerprint density at radius 1 is 1.31 bits per heavy atom. The van der Waals surface area contributed by atoms with Gasteiger partial charge >= 0.3 is 0 Å². The Balaban J connectivity index is 2.69. The highest BCUT2D eigenvalue weighted by Crippen LogP contribution is 2.24. The van der Waals surface area contributed by atoms with Gasteiger partial charge in [0, 0.05) is 5.39 Å². The molecule has 84 valence electrons. The summed E-state index contributed by atoms with van der Waals surface area (Å²) in [6, 6.07) is 4.92. The molecule has 0 saturated carbocycles. The van der Waals surface area contributed by atoms with E-state index in [-0.39, 0.29) is 5.82 Å². The smallest absolute Gasteiger partial charge is 0.132 e. The summed E-state index contributed by atoms with van der Waals surface area (Å²) in [7, 11) is 0. The normalized spacial score (nSPS) is 11.0. The molecule has 3 heteroatoms. The number of fused-ring (bicyclic) bond motifs is 1. The van der Waals surface area contributed by atoms with Crippen LogP contribution in [0.4, 0.5) is 4.39 Å². The number of hydrogen-bond donors (Lipinski definition) is 0. The SMILES string of the molecule is CCCc1cc2cc(F)cc(C)c2nc1Cl. The topological polar surface area (TPSA) is 12.9 Å². The summed E-state index contributed by atoms with van der Waals surface area (Å²) in [6.07, 6.45) is 1.87. The van der Waals surface area contributed by atoms with Crippen molar-refractivity contribution in [2.75, 3.05) is 0 Å². The van der Waals surface area contributed by atoms with Crippen LogP contribution < -0.4 is 0 Å². The minimum Gasteiger partial charge on any atom is -0.236 e. The van der Waals surface area contributed by atoms with Crippen molar-refractivity contribution in [1.82, 2.24) is 4.98 Å². The Bertz CT molecular complexity index is 537. The van der Waals surface area contributed by atoms with Crippen LogP contribution in [0.5, 0.6) is 0 Å². The van der Waals surface area contributed by atoms with Crippen molar-refractivity contribution >= 4 is 22.5 Å². The third-order valence-electron chi connectivity index (χ3n) is 2.62. The minimum absolute atomic E-state index is 0.225. The van der Waals surface area contributed by atoms with Crippen LogP contribution in [0, 0.1) is 12.7 Å². The molecule has 0 aliphatic heterocycles. The predicted molar refractivity (Wildman–Crippen MR) is 65.4 cm³/mol. The van der Waals surface area contributed by atoms with Gasteiger partial charge in [0.2, 0.25) is 0 Å². The fourth-order valence-electron chi connectivity index (χ4n) is 1.89. The van der Waals surface area contributed by atoms with Crippen molar-refractivity contribution in [3.8, 4) is 0 Å². The van der Waals surface area contributed by atoms with Gasteiger partial charge in [-0.15, -0.1) is 0 Å². The second kappa shape index (κ2) is 4.38. The van der Waals surface area contributed by atoms with E-state index in [1.807, 2.05) is 13.0 Å². The van der Waals surface area contributed by atoms with E-state index in [0.29, 0.717) is 5.15 Å². The summed E-state index contributed by atoms with van der Waals surface area (Å²) in [5, 5.41) is 1.36. The zero-order valence-corrected chi connectivity index (χ0v) is 10.1. The summed E-state index contributed by atoms with van der Waals surface area (Å²) in [4.78, 5) is 4.33. The standard InChI is InChI=1S/C13H13ClFN/c1-3-4-9-6-10-7-11(15)5-8(2)12(10)16-13(9)14/h5-7H,3-4H2,1-2H3. The van der Waals surface area contributed by atoms with Gasteiger partial charge in [-0.05, 0) is 42.7 Å². The summed E-state index contributed by atoms with van der Waals surface area (Å²) in [6.45, 7) is 3.92. The molecule has 1 aromatic heterocycles. The summed E-state index contributed by atoms with van der Waals surface area (Å²) < 4.78 is 13.3. The second-order valence-corrected chi connectivity index (χ2v) is 4.34. The molecule has 2 rings (SSSR count). The highest BCUT2D eigenvalue weighted by molar-refractivity contribution is 6.30. The molecular weight excluding hydrogens is 225 g/mol. The molecule has 0 amide bonds. The first-order valence-corrected chi connectivity index (χ1v) is 5.75. The van der Waals surface area contributed by atoms with Crippen LogP contribution >= 0.6 is 11.6 Å². The van der Waals surface area contributed by atoms with E-state index >= 15 is 0 Å². The molecule has 0 radical (unpaired) electrons. The monoisotopic (exact) mass is 237 g/mol. The van der Waals surface area contributed by atoms with E-state index in [9.17, 15) is 4.39 Å². The van der Waals surface area contributed by atoms with E-state index in [0.717, 1.165) is 34.9 Å². The van der Waals surface area contributed by atoms with Crippen molar-refractivity contribution < 1.29 is 4.39 Å². The lowest BCUT2D eigenvalue weighted by Crippen LogP contribution is -1.92. The Labute approximate surface area is 99.3 Å². The largest absolute Gasteiger partial charge is 0.236 e. The average molecular weight is 238 g/mol. The quantitative estimate of drug-likeness (QED) is 0.710. The first-order valence-electron chi connectivity index (χ1n) is 5.37. The van der Waals surface area contributed by atoms with Crippen LogP contribution in [0.15, 0.2) is 18.2 Å². The van der Waals surface area contributed by atoms with Crippen molar-refractivity contribution in [2.45, 2.75) is 26.7 Å². The lowest BCUT2D eigenvalue weighted by atomic mass is 10.1. The Morgan fingerprint density at radius 2 is 2.06 bits per heavy atom. The third-order valence-corrected chi connectivity index (χ3v) is 2.95. The molecule has 0 N–H and O–H groups in total. The molecule has 1 heterocycles. The van der Waals surface area contributed by atoms with Gasteiger partial charge in [0.25, 0.3) is 0 Å². The minimum atomic E-state index is -0.225. The van der Waals surface area contributed by atoms with Crippen molar-refractivity contribution in [2.24, 2.45) is 0 Å². The van der Waals surface area contributed by atoms with Gasteiger partial charge in [0.05, 0.1) is 5.52 Å². The molecular formula is C13H13ClFN. The maximum atomic E-state index is 13.3. The van der Waals surface area contributed by atoms with E-state index in [1.54, 1.807) is 0 Å².